The number of carbonyl (C=O) groups excluding carboxylic acids is 1. The lowest BCUT2D eigenvalue weighted by Crippen LogP contribution is -2.11. The van der Waals surface area contributed by atoms with E-state index in [1.807, 2.05) is 0 Å². The monoisotopic (exact) mass is 231 g/mol. The minimum Gasteiger partial charge on any atom is -0.361 e. The molecule has 1 fully saturated rings. The lowest BCUT2D eigenvalue weighted by Gasteiger charge is -2.07. The van der Waals surface area contributed by atoms with Crippen molar-refractivity contribution >= 4 is 16.8 Å². The predicted octanol–water partition coefficient (Wildman–Crippen LogP) is 2.42. The number of rotatable bonds is 1. The standard InChI is InChI=1S/C13H11FN2O/c1-7-9(5-13(17)16-7)11-6-15-12-3-2-8(14)4-10(11)12/h2-4,6,9,15H,1,5H2,(H,16,17)/t9-/m0/s1/i9D. The summed E-state index contributed by atoms with van der Waals surface area (Å²) in [4.78, 5) is 14.4. The van der Waals surface area contributed by atoms with Crippen LogP contribution in [0.25, 0.3) is 10.9 Å². The molecule has 1 atom stereocenters. The zero-order chi connectivity index (χ0) is 12.9. The Bertz CT molecular complexity index is 679. The molecule has 0 bridgehead atoms. The summed E-state index contributed by atoms with van der Waals surface area (Å²) in [5, 5.41) is 3.16. The number of aromatic amines is 1. The van der Waals surface area contributed by atoms with Gasteiger partial charge in [0.25, 0.3) is 0 Å². The molecule has 1 aromatic heterocycles. The van der Waals surface area contributed by atoms with Crippen molar-refractivity contribution < 1.29 is 10.6 Å². The molecule has 1 aliphatic rings. The van der Waals surface area contributed by atoms with Crippen molar-refractivity contribution in [2.24, 2.45) is 0 Å². The number of H-pyrrole nitrogens is 1. The van der Waals surface area contributed by atoms with Crippen LogP contribution in [0.1, 0.15) is 19.2 Å². The van der Waals surface area contributed by atoms with Crippen molar-refractivity contribution in [1.82, 2.24) is 10.3 Å². The maximum Gasteiger partial charge on any atom is 0.225 e. The fraction of sp³-hybridized carbons (Fsp3) is 0.154. The molecule has 3 nitrogen and oxygen atoms in total. The number of allylic oxidation sites excluding steroid dienone is 1. The van der Waals surface area contributed by atoms with Gasteiger partial charge in [-0.25, -0.2) is 4.39 Å². The topological polar surface area (TPSA) is 44.9 Å². The molecule has 1 saturated heterocycles. The summed E-state index contributed by atoms with van der Waals surface area (Å²) in [5.41, 5.74) is 1.64. The first kappa shape index (κ1) is 8.98. The van der Waals surface area contributed by atoms with Gasteiger partial charge in [0.05, 0.1) is 0 Å². The molecule has 2 heterocycles. The zero-order valence-corrected chi connectivity index (χ0v) is 9.01. The van der Waals surface area contributed by atoms with Gasteiger partial charge in [0.15, 0.2) is 0 Å². The first-order valence-corrected chi connectivity index (χ1v) is 5.27. The normalized spacial score (nSPS) is 25.1. The summed E-state index contributed by atoms with van der Waals surface area (Å²) in [7, 11) is 0. The van der Waals surface area contributed by atoms with E-state index in [1.165, 1.54) is 12.1 Å². The van der Waals surface area contributed by atoms with E-state index >= 15 is 0 Å². The molecule has 2 N–H and O–H groups in total. The van der Waals surface area contributed by atoms with Crippen LogP contribution in [-0.2, 0) is 4.79 Å². The summed E-state index contributed by atoms with van der Waals surface area (Å²) in [6.45, 7) is 3.72. The van der Waals surface area contributed by atoms with Gasteiger partial charge in [0.2, 0.25) is 5.91 Å². The third kappa shape index (κ3) is 1.53. The number of benzene rings is 1. The van der Waals surface area contributed by atoms with E-state index < -0.39 is 5.89 Å². The summed E-state index contributed by atoms with van der Waals surface area (Å²) in [6.07, 6.45) is 1.65. The maximum absolute atomic E-state index is 13.3. The molecule has 17 heavy (non-hydrogen) atoms. The van der Waals surface area contributed by atoms with Crippen LogP contribution in [-0.4, -0.2) is 10.9 Å². The van der Waals surface area contributed by atoms with Crippen molar-refractivity contribution in [1.29, 1.82) is 0 Å². The SMILES string of the molecule is [2H][C@]1(c2c[nH]c3ccc(F)cc23)CC(=O)NC1=C. The van der Waals surface area contributed by atoms with Crippen LogP contribution in [0.2, 0.25) is 0 Å². The van der Waals surface area contributed by atoms with Crippen molar-refractivity contribution in [3.8, 4) is 0 Å². The van der Waals surface area contributed by atoms with Crippen LogP contribution in [0.4, 0.5) is 4.39 Å². The number of halogens is 1. The number of hydrogen-bond acceptors (Lipinski definition) is 1. The average molecular weight is 231 g/mol. The van der Waals surface area contributed by atoms with Gasteiger partial charge in [-0.05, 0) is 23.8 Å². The summed E-state index contributed by atoms with van der Waals surface area (Å²) in [6, 6.07) is 4.34. The Balaban J connectivity index is 2.23. The molecule has 1 amide bonds. The number of amides is 1. The fourth-order valence-corrected chi connectivity index (χ4v) is 2.16. The van der Waals surface area contributed by atoms with Gasteiger partial charge in [0.1, 0.15) is 5.82 Å². The Morgan fingerprint density at radius 2 is 2.35 bits per heavy atom. The van der Waals surface area contributed by atoms with Crippen molar-refractivity contribution in [3.05, 3.63) is 48.1 Å². The fourth-order valence-electron chi connectivity index (χ4n) is 2.16. The lowest BCUT2D eigenvalue weighted by atomic mass is 9.95. The van der Waals surface area contributed by atoms with Crippen LogP contribution in [0.3, 0.4) is 0 Å². The van der Waals surface area contributed by atoms with Gasteiger partial charge >= 0.3 is 0 Å². The number of aromatic nitrogens is 1. The molecule has 86 valence electrons. The van der Waals surface area contributed by atoms with Crippen molar-refractivity contribution in [2.45, 2.75) is 12.3 Å². The Hall–Kier alpha value is -2.10. The largest absolute Gasteiger partial charge is 0.361 e. The molecule has 1 aromatic carbocycles. The Kier molecular flexibility index (Phi) is 1.82. The van der Waals surface area contributed by atoms with Crippen LogP contribution >= 0.6 is 0 Å². The second-order valence-electron chi connectivity index (χ2n) is 4.07. The molecule has 2 aromatic rings. The van der Waals surface area contributed by atoms with Crippen molar-refractivity contribution in [3.63, 3.8) is 0 Å². The van der Waals surface area contributed by atoms with Crippen LogP contribution < -0.4 is 5.32 Å². The van der Waals surface area contributed by atoms with Gasteiger partial charge in [0, 0.05) is 36.5 Å². The zero-order valence-electron chi connectivity index (χ0n) is 10.0. The van der Waals surface area contributed by atoms with E-state index in [1.54, 1.807) is 12.3 Å². The summed E-state index contributed by atoms with van der Waals surface area (Å²) < 4.78 is 21.7. The number of fused-ring (bicyclic) bond motifs is 1. The maximum atomic E-state index is 13.3. The Morgan fingerprint density at radius 1 is 1.53 bits per heavy atom. The molecule has 4 heteroatoms. The molecule has 0 spiro atoms. The van der Waals surface area contributed by atoms with Crippen LogP contribution in [0.5, 0.6) is 0 Å². The molecular weight excluding hydrogens is 219 g/mol. The minimum atomic E-state index is -1.23. The average Bonchev–Trinajstić information content (AvgIpc) is 2.81. The van der Waals surface area contributed by atoms with Crippen molar-refractivity contribution in [2.75, 3.05) is 0 Å². The van der Waals surface area contributed by atoms with Crippen LogP contribution in [0.15, 0.2) is 36.7 Å². The van der Waals surface area contributed by atoms with E-state index in [-0.39, 0.29) is 18.1 Å². The molecular formula is C13H11FN2O. The highest BCUT2D eigenvalue weighted by atomic mass is 19.1. The minimum absolute atomic E-state index is 0.00923. The molecule has 0 aliphatic carbocycles. The van der Waals surface area contributed by atoms with E-state index in [2.05, 4.69) is 16.9 Å². The molecule has 1 aliphatic heterocycles. The number of hydrogen-bond donors (Lipinski definition) is 2. The van der Waals surface area contributed by atoms with E-state index in [0.29, 0.717) is 16.6 Å². The highest BCUT2D eigenvalue weighted by Crippen LogP contribution is 2.34. The van der Waals surface area contributed by atoms with Gasteiger partial charge in [-0.2, -0.15) is 0 Å². The summed E-state index contributed by atoms with van der Waals surface area (Å²) in [5.74, 6) is -1.83. The first-order chi connectivity index (χ1) is 8.50. The van der Waals surface area contributed by atoms with Crippen LogP contribution in [0, 0.1) is 5.82 Å². The van der Waals surface area contributed by atoms with E-state index in [0.717, 1.165) is 5.52 Å². The number of nitrogens with one attached hydrogen (secondary N) is 2. The van der Waals surface area contributed by atoms with Gasteiger partial charge < -0.3 is 10.3 Å². The smallest absolute Gasteiger partial charge is 0.225 e. The second kappa shape index (κ2) is 3.45. The van der Waals surface area contributed by atoms with Gasteiger partial charge in [-0.3, -0.25) is 4.79 Å². The number of carbonyl (C=O) groups is 1. The predicted molar refractivity (Wildman–Crippen MR) is 62.9 cm³/mol. The summed E-state index contributed by atoms with van der Waals surface area (Å²) >= 11 is 0. The lowest BCUT2D eigenvalue weighted by molar-refractivity contribution is -0.118. The molecule has 0 saturated carbocycles. The van der Waals surface area contributed by atoms with Gasteiger partial charge in [-0.1, -0.05) is 6.58 Å². The quantitative estimate of drug-likeness (QED) is 0.777. The molecule has 3 rings (SSSR count). The highest BCUT2D eigenvalue weighted by Gasteiger charge is 2.28. The Labute approximate surface area is 98.7 Å². The first-order valence-electron chi connectivity index (χ1n) is 5.77. The second-order valence-corrected chi connectivity index (χ2v) is 4.07. The Morgan fingerprint density at radius 3 is 3.06 bits per heavy atom. The molecule has 0 radical (unpaired) electrons. The third-order valence-electron chi connectivity index (χ3n) is 2.96. The van der Waals surface area contributed by atoms with E-state index in [9.17, 15) is 9.18 Å². The van der Waals surface area contributed by atoms with Gasteiger partial charge in [-0.15, -0.1) is 0 Å². The molecule has 0 unspecified atom stereocenters. The third-order valence-corrected chi connectivity index (χ3v) is 2.96. The van der Waals surface area contributed by atoms with E-state index in [4.69, 9.17) is 1.37 Å². The highest BCUT2D eigenvalue weighted by molar-refractivity contribution is 5.88.